The van der Waals surface area contributed by atoms with Crippen LogP contribution < -0.4 is 38.5 Å². The highest BCUT2D eigenvalue weighted by Gasteiger charge is 2.40. The highest BCUT2D eigenvalue weighted by atomic mass is 16.5. The second-order valence-corrected chi connectivity index (χ2v) is 17.3. The number of rotatable bonds is 24. The molecule has 1 aliphatic heterocycles. The molecule has 330 valence electrons. The van der Waals surface area contributed by atoms with E-state index in [1.54, 1.807) is 13.1 Å². The first-order valence-electron chi connectivity index (χ1n) is 21.4. The minimum Gasteiger partial charge on any atom is -0.464 e. The van der Waals surface area contributed by atoms with Crippen LogP contribution in [0.5, 0.6) is 0 Å². The van der Waals surface area contributed by atoms with Crippen LogP contribution in [0.25, 0.3) is 10.9 Å². The number of nitrogens with one attached hydrogen (secondary N) is 5. The number of ether oxygens (including phenoxy) is 1. The first-order valence-corrected chi connectivity index (χ1v) is 21.4. The summed E-state index contributed by atoms with van der Waals surface area (Å²) in [7, 11) is 0. The van der Waals surface area contributed by atoms with Gasteiger partial charge in [0, 0.05) is 30.1 Å². The molecule has 0 aliphatic carbocycles. The van der Waals surface area contributed by atoms with Gasteiger partial charge in [-0.15, -0.1) is 0 Å². The molecule has 16 heteroatoms. The summed E-state index contributed by atoms with van der Waals surface area (Å²) in [5.41, 5.74) is 18.7. The van der Waals surface area contributed by atoms with Gasteiger partial charge in [0.25, 0.3) is 0 Å². The van der Waals surface area contributed by atoms with E-state index in [1.165, 1.54) is 4.90 Å². The predicted molar refractivity (Wildman–Crippen MR) is 228 cm³/mol. The summed E-state index contributed by atoms with van der Waals surface area (Å²) in [6.45, 7) is 12.7. The molecule has 0 radical (unpaired) electrons. The Balaban J connectivity index is 1.91. The second kappa shape index (κ2) is 23.9. The molecule has 16 nitrogen and oxygen atoms in total. The van der Waals surface area contributed by atoms with E-state index in [1.807, 2.05) is 58.9 Å². The number of unbranched alkanes of at least 4 members (excludes halogenated alkanes) is 2. The molecule has 5 amide bonds. The Kier molecular flexibility index (Phi) is 19.8. The quantitative estimate of drug-likeness (QED) is 0.0566. The average Bonchev–Trinajstić information content (AvgIpc) is 3.84. The molecular weight excluding hydrogens is 755 g/mol. The molecule has 6 unspecified atom stereocenters. The monoisotopic (exact) mass is 826 g/mol. The van der Waals surface area contributed by atoms with Crippen LogP contribution in [0.15, 0.2) is 30.5 Å². The maximum atomic E-state index is 14.4. The first kappa shape index (κ1) is 48.8. The molecule has 1 saturated heterocycles. The summed E-state index contributed by atoms with van der Waals surface area (Å²) in [6, 6.07) is 1.82. The molecule has 1 fully saturated rings. The standard InChI is InChI=1S/C43H71N9O7/c1-7-59-42(58)34(23-27(2)3)50-39(55)35(25-43(4,5)6)51-38(54)33(24-28-26-47-31-17-9-8-15-29(28)31)49-40(56)36-19-14-22-52(36)41(57)32(18-11-13-21-45)48-37(53)30(46)16-10-12-20-44/h8-9,15,17,26-27,30,32-36,47H,7,10-14,16,18-25,44-46H2,1-6H3,(H,48,53)(H,49,56)(H,50,55)(H,51,54). The number of H-pyrrole nitrogens is 1. The third-order valence-corrected chi connectivity index (χ3v) is 10.5. The zero-order chi connectivity index (χ0) is 43.7. The normalized spacial score (nSPS) is 16.8. The van der Waals surface area contributed by atoms with E-state index in [0.29, 0.717) is 64.5 Å². The Morgan fingerprint density at radius 1 is 0.847 bits per heavy atom. The number of hydrogen-bond donors (Lipinski definition) is 8. The van der Waals surface area contributed by atoms with Crippen LogP contribution in [0.2, 0.25) is 0 Å². The lowest BCUT2D eigenvalue weighted by Crippen LogP contribution is -2.59. The number of benzene rings is 1. The number of amides is 5. The number of para-hydroxylation sites is 1. The smallest absolute Gasteiger partial charge is 0.328 e. The molecule has 2 heterocycles. The fourth-order valence-electron chi connectivity index (χ4n) is 7.46. The molecule has 59 heavy (non-hydrogen) atoms. The summed E-state index contributed by atoms with van der Waals surface area (Å²) < 4.78 is 5.25. The van der Waals surface area contributed by atoms with Crippen molar-refractivity contribution in [2.24, 2.45) is 28.5 Å². The number of nitrogens with two attached hydrogens (primary N) is 3. The van der Waals surface area contributed by atoms with Gasteiger partial charge >= 0.3 is 5.97 Å². The molecule has 11 N–H and O–H groups in total. The lowest BCUT2D eigenvalue weighted by molar-refractivity contribution is -0.148. The van der Waals surface area contributed by atoms with Gasteiger partial charge in [-0.3, -0.25) is 24.0 Å². The van der Waals surface area contributed by atoms with Crippen molar-refractivity contribution in [2.75, 3.05) is 26.2 Å². The number of aromatic nitrogens is 1. The molecule has 0 saturated carbocycles. The van der Waals surface area contributed by atoms with Crippen LogP contribution in [0.4, 0.5) is 0 Å². The van der Waals surface area contributed by atoms with Crippen molar-refractivity contribution in [3.63, 3.8) is 0 Å². The van der Waals surface area contributed by atoms with E-state index >= 15 is 0 Å². The molecule has 1 aliphatic rings. The molecule has 2 aromatic rings. The Labute approximate surface area is 349 Å². The molecule has 1 aromatic carbocycles. The Bertz CT molecular complexity index is 1690. The maximum absolute atomic E-state index is 14.4. The van der Waals surface area contributed by atoms with Gasteiger partial charge in [-0.05, 0) is 101 Å². The number of hydrogen-bond acceptors (Lipinski definition) is 10. The van der Waals surface area contributed by atoms with Crippen molar-refractivity contribution < 1.29 is 33.5 Å². The van der Waals surface area contributed by atoms with Crippen LogP contribution in [-0.4, -0.2) is 108 Å². The van der Waals surface area contributed by atoms with Crippen molar-refractivity contribution in [1.29, 1.82) is 0 Å². The molecule has 0 spiro atoms. The van der Waals surface area contributed by atoms with Crippen LogP contribution >= 0.6 is 0 Å². The Hall–Kier alpha value is -4.54. The largest absolute Gasteiger partial charge is 0.464 e. The molecule has 6 atom stereocenters. The van der Waals surface area contributed by atoms with Crippen LogP contribution in [0, 0.1) is 11.3 Å². The molecular formula is C43H71N9O7. The zero-order valence-electron chi connectivity index (χ0n) is 36.1. The number of nitrogens with zero attached hydrogens (tertiary/aromatic N) is 1. The highest BCUT2D eigenvalue weighted by Crippen LogP contribution is 2.24. The van der Waals surface area contributed by atoms with E-state index in [0.717, 1.165) is 22.9 Å². The summed E-state index contributed by atoms with van der Waals surface area (Å²) in [6.07, 6.45) is 6.68. The van der Waals surface area contributed by atoms with Gasteiger partial charge in [0.2, 0.25) is 29.5 Å². The fourth-order valence-corrected chi connectivity index (χ4v) is 7.46. The van der Waals surface area contributed by atoms with E-state index < -0.39 is 77.2 Å². The van der Waals surface area contributed by atoms with Crippen LogP contribution in [0.3, 0.4) is 0 Å². The van der Waals surface area contributed by atoms with E-state index in [9.17, 15) is 28.8 Å². The average molecular weight is 826 g/mol. The third kappa shape index (κ3) is 15.5. The van der Waals surface area contributed by atoms with Gasteiger partial charge in [0.1, 0.15) is 30.2 Å². The van der Waals surface area contributed by atoms with Crippen LogP contribution in [-0.2, 0) is 39.9 Å². The van der Waals surface area contributed by atoms with Gasteiger partial charge < -0.3 is 53.1 Å². The van der Waals surface area contributed by atoms with Crippen LogP contribution in [0.1, 0.15) is 111 Å². The SMILES string of the molecule is CCOC(=O)C(CC(C)C)NC(=O)C(CC(C)(C)C)NC(=O)C(Cc1c[nH]c2ccccc12)NC(=O)C1CCCN1C(=O)C(CCCCN)NC(=O)C(N)CCCCN. The van der Waals surface area contributed by atoms with Crippen molar-refractivity contribution in [3.05, 3.63) is 36.0 Å². The van der Waals surface area contributed by atoms with Gasteiger partial charge in [0.15, 0.2) is 0 Å². The summed E-state index contributed by atoms with van der Waals surface area (Å²) >= 11 is 0. The summed E-state index contributed by atoms with van der Waals surface area (Å²) in [4.78, 5) is 87.5. The lowest BCUT2D eigenvalue weighted by atomic mass is 9.87. The Morgan fingerprint density at radius 3 is 2.12 bits per heavy atom. The highest BCUT2D eigenvalue weighted by molar-refractivity contribution is 5.97. The fraction of sp³-hybridized carbons (Fsp3) is 0.674. The van der Waals surface area contributed by atoms with E-state index in [-0.39, 0.29) is 31.9 Å². The molecule has 0 bridgehead atoms. The summed E-state index contributed by atoms with van der Waals surface area (Å²) in [5, 5.41) is 12.4. The number of likely N-dealkylation sites (tertiary alicyclic amines) is 1. The van der Waals surface area contributed by atoms with E-state index in [2.05, 4.69) is 26.3 Å². The molecule has 1 aromatic heterocycles. The molecule has 3 rings (SSSR count). The van der Waals surface area contributed by atoms with Crippen molar-refractivity contribution >= 4 is 46.4 Å². The zero-order valence-corrected chi connectivity index (χ0v) is 36.1. The number of aromatic amines is 1. The first-order chi connectivity index (χ1) is 28.0. The minimum atomic E-state index is -1.15. The van der Waals surface area contributed by atoms with Gasteiger partial charge in [-0.2, -0.15) is 0 Å². The van der Waals surface area contributed by atoms with Gasteiger partial charge in [-0.1, -0.05) is 59.2 Å². The van der Waals surface area contributed by atoms with Gasteiger partial charge in [-0.25, -0.2) is 4.79 Å². The van der Waals surface area contributed by atoms with Crippen molar-refractivity contribution in [2.45, 2.75) is 148 Å². The van der Waals surface area contributed by atoms with E-state index in [4.69, 9.17) is 21.9 Å². The minimum absolute atomic E-state index is 0.0692. The van der Waals surface area contributed by atoms with Crippen molar-refractivity contribution in [3.8, 4) is 0 Å². The predicted octanol–water partition coefficient (Wildman–Crippen LogP) is 2.27. The number of esters is 1. The number of carbonyl (C=O) groups excluding carboxylic acids is 6. The Morgan fingerprint density at radius 2 is 1.47 bits per heavy atom. The number of fused-ring (bicyclic) bond motifs is 1. The van der Waals surface area contributed by atoms with Crippen molar-refractivity contribution in [1.82, 2.24) is 31.2 Å². The summed E-state index contributed by atoms with van der Waals surface area (Å²) in [5.74, 6) is -3.01. The lowest BCUT2D eigenvalue weighted by Gasteiger charge is -2.31. The maximum Gasteiger partial charge on any atom is 0.328 e. The third-order valence-electron chi connectivity index (χ3n) is 10.5. The topological polar surface area (TPSA) is 257 Å². The van der Waals surface area contributed by atoms with Gasteiger partial charge in [0.05, 0.1) is 12.6 Å². The number of carbonyl (C=O) groups is 6. The second-order valence-electron chi connectivity index (χ2n) is 17.3.